The number of anilines is 1. The summed E-state index contributed by atoms with van der Waals surface area (Å²) in [7, 11) is 0. The largest absolute Gasteiger partial charge is 0.478 e. The van der Waals surface area contributed by atoms with Gasteiger partial charge in [-0.3, -0.25) is 0 Å². The first-order valence-corrected chi connectivity index (χ1v) is 6.53. The third kappa shape index (κ3) is 4.48. The Bertz CT molecular complexity index is 433. The van der Waals surface area contributed by atoms with Crippen LogP contribution in [0.5, 0.6) is 0 Å². The van der Waals surface area contributed by atoms with E-state index in [9.17, 15) is 4.79 Å². The molecular formula is C13H22N4O2. The zero-order valence-electron chi connectivity index (χ0n) is 12.0. The Morgan fingerprint density at radius 3 is 2.58 bits per heavy atom. The molecule has 106 valence electrons. The van der Waals surface area contributed by atoms with Crippen molar-refractivity contribution in [3.8, 4) is 0 Å². The highest BCUT2D eigenvalue weighted by Crippen LogP contribution is 2.08. The minimum Gasteiger partial charge on any atom is -0.478 e. The third-order valence-corrected chi connectivity index (χ3v) is 3.01. The topological polar surface area (TPSA) is 78.4 Å². The van der Waals surface area contributed by atoms with Gasteiger partial charge in [-0.25, -0.2) is 14.8 Å². The molecule has 1 heterocycles. The van der Waals surface area contributed by atoms with Crippen LogP contribution in [0, 0.1) is 6.92 Å². The highest BCUT2D eigenvalue weighted by molar-refractivity contribution is 5.88. The molecule has 0 fully saturated rings. The van der Waals surface area contributed by atoms with Crippen molar-refractivity contribution < 1.29 is 9.90 Å². The zero-order chi connectivity index (χ0) is 14.4. The van der Waals surface area contributed by atoms with Crippen LogP contribution in [-0.4, -0.2) is 51.6 Å². The lowest BCUT2D eigenvalue weighted by atomic mass is 10.2. The maximum atomic E-state index is 10.9. The second kappa shape index (κ2) is 7.04. The van der Waals surface area contributed by atoms with Gasteiger partial charge < -0.3 is 15.3 Å². The lowest BCUT2D eigenvalue weighted by Crippen LogP contribution is -2.35. The molecule has 1 unspecified atom stereocenters. The van der Waals surface area contributed by atoms with E-state index in [1.165, 1.54) is 6.20 Å². The second-order valence-electron chi connectivity index (χ2n) is 4.53. The SMILES string of the molecule is CCN(CC)CC(C)Nc1ncc(C(=O)O)c(C)n1. The molecule has 0 amide bonds. The highest BCUT2D eigenvalue weighted by Gasteiger charge is 2.12. The number of likely N-dealkylation sites (N-methyl/N-ethyl adjacent to an activating group) is 1. The molecule has 0 aliphatic heterocycles. The normalized spacial score (nSPS) is 12.5. The van der Waals surface area contributed by atoms with Gasteiger partial charge in [-0.15, -0.1) is 0 Å². The summed E-state index contributed by atoms with van der Waals surface area (Å²) in [5, 5.41) is 12.1. The van der Waals surface area contributed by atoms with Gasteiger partial charge >= 0.3 is 5.97 Å². The molecule has 0 bridgehead atoms. The fraction of sp³-hybridized carbons (Fsp3) is 0.615. The van der Waals surface area contributed by atoms with Crippen molar-refractivity contribution in [1.82, 2.24) is 14.9 Å². The summed E-state index contributed by atoms with van der Waals surface area (Å²) >= 11 is 0. The van der Waals surface area contributed by atoms with E-state index in [4.69, 9.17) is 5.11 Å². The summed E-state index contributed by atoms with van der Waals surface area (Å²) in [5.41, 5.74) is 0.613. The Kier molecular flexibility index (Phi) is 5.69. The summed E-state index contributed by atoms with van der Waals surface area (Å²) in [5.74, 6) is -0.526. The molecule has 0 saturated carbocycles. The van der Waals surface area contributed by atoms with Crippen LogP contribution in [0.25, 0.3) is 0 Å². The van der Waals surface area contributed by atoms with E-state index in [0.717, 1.165) is 19.6 Å². The molecule has 1 rings (SSSR count). The Labute approximate surface area is 113 Å². The fourth-order valence-corrected chi connectivity index (χ4v) is 1.88. The van der Waals surface area contributed by atoms with Gasteiger partial charge in [0.25, 0.3) is 0 Å². The number of aryl methyl sites for hydroxylation is 1. The molecule has 1 aromatic heterocycles. The van der Waals surface area contributed by atoms with Crippen molar-refractivity contribution in [3.63, 3.8) is 0 Å². The zero-order valence-corrected chi connectivity index (χ0v) is 12.0. The molecule has 0 aromatic carbocycles. The standard InChI is InChI=1S/C13H22N4O2/c1-5-17(6-2)8-9(3)15-13-14-7-11(12(18)19)10(4)16-13/h7,9H,5-6,8H2,1-4H3,(H,18,19)(H,14,15,16). The number of carboxylic acids is 1. The smallest absolute Gasteiger partial charge is 0.339 e. The van der Waals surface area contributed by atoms with Crippen LogP contribution in [0.15, 0.2) is 6.20 Å². The second-order valence-corrected chi connectivity index (χ2v) is 4.53. The summed E-state index contributed by atoms with van der Waals surface area (Å²) < 4.78 is 0. The first-order valence-electron chi connectivity index (χ1n) is 6.53. The van der Waals surface area contributed by atoms with Gasteiger partial charge in [0.1, 0.15) is 0 Å². The maximum Gasteiger partial charge on any atom is 0.339 e. The quantitative estimate of drug-likeness (QED) is 0.781. The van der Waals surface area contributed by atoms with E-state index in [-0.39, 0.29) is 11.6 Å². The number of nitrogens with one attached hydrogen (secondary N) is 1. The van der Waals surface area contributed by atoms with Crippen molar-refractivity contribution in [3.05, 3.63) is 17.5 Å². The molecular weight excluding hydrogens is 244 g/mol. The number of hydrogen-bond acceptors (Lipinski definition) is 5. The van der Waals surface area contributed by atoms with Crippen molar-refractivity contribution >= 4 is 11.9 Å². The van der Waals surface area contributed by atoms with Crippen molar-refractivity contribution in [1.29, 1.82) is 0 Å². The molecule has 2 N–H and O–H groups in total. The number of hydrogen-bond donors (Lipinski definition) is 2. The van der Waals surface area contributed by atoms with E-state index in [1.54, 1.807) is 6.92 Å². The van der Waals surface area contributed by atoms with Gasteiger partial charge in [0.15, 0.2) is 0 Å². The van der Waals surface area contributed by atoms with Gasteiger partial charge in [0.2, 0.25) is 5.95 Å². The summed E-state index contributed by atoms with van der Waals surface area (Å²) in [4.78, 5) is 21.4. The first kappa shape index (κ1) is 15.4. The van der Waals surface area contributed by atoms with E-state index in [2.05, 4.69) is 41.0 Å². The van der Waals surface area contributed by atoms with E-state index in [0.29, 0.717) is 11.6 Å². The average molecular weight is 266 g/mol. The highest BCUT2D eigenvalue weighted by atomic mass is 16.4. The van der Waals surface area contributed by atoms with Crippen molar-refractivity contribution in [2.45, 2.75) is 33.7 Å². The van der Waals surface area contributed by atoms with Crippen LogP contribution >= 0.6 is 0 Å². The van der Waals surface area contributed by atoms with Crippen LogP contribution < -0.4 is 5.32 Å². The van der Waals surface area contributed by atoms with Gasteiger partial charge in [-0.05, 0) is 26.9 Å². The Balaban J connectivity index is 2.67. The number of carboxylic acid groups (broad SMARTS) is 1. The summed E-state index contributed by atoms with van der Waals surface area (Å²) in [6.45, 7) is 10.9. The van der Waals surface area contributed by atoms with Gasteiger partial charge in [0.05, 0.1) is 11.3 Å². The number of aromatic carboxylic acids is 1. The number of carbonyl (C=O) groups is 1. The first-order chi connectivity index (χ1) is 8.97. The average Bonchev–Trinajstić information content (AvgIpc) is 2.35. The molecule has 6 nitrogen and oxygen atoms in total. The van der Waals surface area contributed by atoms with Crippen molar-refractivity contribution in [2.24, 2.45) is 0 Å². The van der Waals surface area contributed by atoms with Crippen LogP contribution in [-0.2, 0) is 0 Å². The van der Waals surface area contributed by atoms with Crippen LogP contribution in [0.2, 0.25) is 0 Å². The fourth-order valence-electron chi connectivity index (χ4n) is 1.88. The predicted octanol–water partition coefficient (Wildman–Crippen LogP) is 1.63. The molecule has 1 atom stereocenters. The van der Waals surface area contributed by atoms with Gasteiger partial charge in [-0.1, -0.05) is 13.8 Å². The maximum absolute atomic E-state index is 10.9. The van der Waals surface area contributed by atoms with E-state index >= 15 is 0 Å². The van der Waals surface area contributed by atoms with Gasteiger partial charge in [-0.2, -0.15) is 0 Å². The van der Waals surface area contributed by atoms with Crippen molar-refractivity contribution in [2.75, 3.05) is 25.0 Å². The van der Waals surface area contributed by atoms with Crippen LogP contribution in [0.4, 0.5) is 5.95 Å². The molecule has 0 aliphatic carbocycles. The number of nitrogens with zero attached hydrogens (tertiary/aromatic N) is 3. The Morgan fingerprint density at radius 2 is 2.11 bits per heavy atom. The molecule has 6 heteroatoms. The lowest BCUT2D eigenvalue weighted by Gasteiger charge is -2.23. The molecule has 0 spiro atoms. The Hall–Kier alpha value is -1.69. The number of rotatable bonds is 7. The molecule has 19 heavy (non-hydrogen) atoms. The molecule has 1 aromatic rings. The van der Waals surface area contributed by atoms with E-state index in [1.807, 2.05) is 0 Å². The van der Waals surface area contributed by atoms with Crippen LogP contribution in [0.1, 0.15) is 36.8 Å². The van der Waals surface area contributed by atoms with Gasteiger partial charge in [0, 0.05) is 18.8 Å². The molecule has 0 radical (unpaired) electrons. The minimum atomic E-state index is -1.000. The van der Waals surface area contributed by atoms with E-state index < -0.39 is 5.97 Å². The summed E-state index contributed by atoms with van der Waals surface area (Å²) in [6.07, 6.45) is 1.34. The lowest BCUT2D eigenvalue weighted by molar-refractivity contribution is 0.0695. The molecule has 0 aliphatic rings. The summed E-state index contributed by atoms with van der Waals surface area (Å²) in [6, 6.07) is 0.204. The van der Waals surface area contributed by atoms with Crippen LogP contribution in [0.3, 0.4) is 0 Å². The third-order valence-electron chi connectivity index (χ3n) is 3.01. The predicted molar refractivity (Wildman–Crippen MR) is 74.6 cm³/mol. The number of aromatic nitrogens is 2. The monoisotopic (exact) mass is 266 g/mol. The minimum absolute atomic E-state index is 0.141. The molecule has 0 saturated heterocycles. The Morgan fingerprint density at radius 1 is 1.47 bits per heavy atom.